The van der Waals surface area contributed by atoms with Crippen LogP contribution in [0.5, 0.6) is 0 Å². The Labute approximate surface area is 118 Å². The van der Waals surface area contributed by atoms with Crippen molar-refractivity contribution in [1.29, 1.82) is 0 Å². The normalized spacial score (nSPS) is 21.6. The van der Waals surface area contributed by atoms with Crippen LogP contribution < -0.4 is 5.32 Å². The summed E-state index contributed by atoms with van der Waals surface area (Å²) in [6.07, 6.45) is 2.27. The SMILES string of the molecule is CCOC1CC(Nc2cc(C(=O)OC)ccc2Cl)C1. The number of methoxy groups -OCH3 is 1. The van der Waals surface area contributed by atoms with Crippen molar-refractivity contribution in [2.75, 3.05) is 19.0 Å². The summed E-state index contributed by atoms with van der Waals surface area (Å²) in [7, 11) is 1.36. The van der Waals surface area contributed by atoms with Gasteiger partial charge in [0.25, 0.3) is 0 Å². The van der Waals surface area contributed by atoms with Gasteiger partial charge in [-0.1, -0.05) is 11.6 Å². The van der Waals surface area contributed by atoms with E-state index in [1.54, 1.807) is 18.2 Å². The number of anilines is 1. The van der Waals surface area contributed by atoms with Crippen molar-refractivity contribution in [1.82, 2.24) is 0 Å². The highest BCUT2D eigenvalue weighted by Crippen LogP contribution is 2.30. The van der Waals surface area contributed by atoms with Crippen LogP contribution in [0.15, 0.2) is 18.2 Å². The van der Waals surface area contributed by atoms with Crippen molar-refractivity contribution in [3.8, 4) is 0 Å². The predicted octanol–water partition coefficient (Wildman–Crippen LogP) is 3.11. The lowest BCUT2D eigenvalue weighted by Crippen LogP contribution is -2.40. The van der Waals surface area contributed by atoms with Gasteiger partial charge in [0.1, 0.15) is 0 Å². The first-order chi connectivity index (χ1) is 9.13. The molecular weight excluding hydrogens is 266 g/mol. The monoisotopic (exact) mass is 283 g/mol. The number of esters is 1. The van der Waals surface area contributed by atoms with E-state index in [1.807, 2.05) is 6.92 Å². The van der Waals surface area contributed by atoms with Gasteiger partial charge in [-0.15, -0.1) is 0 Å². The van der Waals surface area contributed by atoms with E-state index in [2.05, 4.69) is 5.32 Å². The molecule has 4 nitrogen and oxygen atoms in total. The van der Waals surface area contributed by atoms with Crippen LogP contribution in [0.1, 0.15) is 30.1 Å². The molecule has 0 amide bonds. The standard InChI is InChI=1S/C14H18ClNO3/c1-3-19-11-7-10(8-11)16-13-6-9(14(17)18-2)4-5-12(13)15/h4-6,10-11,16H,3,7-8H2,1-2H3. The predicted molar refractivity (Wildman–Crippen MR) is 74.9 cm³/mol. The summed E-state index contributed by atoms with van der Waals surface area (Å²) in [5.74, 6) is -0.361. The molecule has 1 aromatic rings. The molecule has 0 unspecified atom stereocenters. The zero-order valence-corrected chi connectivity index (χ0v) is 11.9. The fourth-order valence-corrected chi connectivity index (χ4v) is 2.33. The zero-order chi connectivity index (χ0) is 13.8. The van der Waals surface area contributed by atoms with Crippen molar-refractivity contribution in [3.63, 3.8) is 0 Å². The van der Waals surface area contributed by atoms with Crippen LogP contribution in [0.2, 0.25) is 5.02 Å². The smallest absolute Gasteiger partial charge is 0.337 e. The van der Waals surface area contributed by atoms with Crippen molar-refractivity contribution >= 4 is 23.3 Å². The summed E-state index contributed by atoms with van der Waals surface area (Å²) in [5.41, 5.74) is 1.26. The van der Waals surface area contributed by atoms with E-state index in [-0.39, 0.29) is 5.97 Å². The van der Waals surface area contributed by atoms with E-state index < -0.39 is 0 Å². The zero-order valence-electron chi connectivity index (χ0n) is 11.1. The average Bonchev–Trinajstić information content (AvgIpc) is 2.37. The van der Waals surface area contributed by atoms with Gasteiger partial charge in [0.15, 0.2) is 0 Å². The Hall–Kier alpha value is -1.26. The molecule has 0 heterocycles. The van der Waals surface area contributed by atoms with Crippen LogP contribution in [0, 0.1) is 0 Å². The van der Waals surface area contributed by atoms with Gasteiger partial charge in [-0.25, -0.2) is 4.79 Å². The Balaban J connectivity index is 1.98. The number of hydrogen-bond donors (Lipinski definition) is 1. The Morgan fingerprint density at radius 3 is 2.84 bits per heavy atom. The van der Waals surface area contributed by atoms with Gasteiger partial charge in [-0.05, 0) is 38.0 Å². The largest absolute Gasteiger partial charge is 0.465 e. The molecule has 1 aliphatic rings. The van der Waals surface area contributed by atoms with Crippen molar-refractivity contribution < 1.29 is 14.3 Å². The maximum atomic E-state index is 11.5. The lowest BCUT2D eigenvalue weighted by Gasteiger charge is -2.36. The highest BCUT2D eigenvalue weighted by atomic mass is 35.5. The van der Waals surface area contributed by atoms with Crippen LogP contribution in [0.4, 0.5) is 5.69 Å². The van der Waals surface area contributed by atoms with Gasteiger partial charge in [0, 0.05) is 12.6 Å². The number of nitrogens with one attached hydrogen (secondary N) is 1. The third kappa shape index (κ3) is 3.39. The number of halogens is 1. The summed E-state index contributed by atoms with van der Waals surface area (Å²) < 4.78 is 10.2. The molecule has 0 radical (unpaired) electrons. The molecule has 104 valence electrons. The van der Waals surface area contributed by atoms with E-state index in [4.69, 9.17) is 21.1 Å². The molecule has 2 rings (SSSR count). The molecule has 1 N–H and O–H groups in total. The number of benzene rings is 1. The van der Waals surface area contributed by atoms with Crippen LogP contribution in [0.3, 0.4) is 0 Å². The van der Waals surface area contributed by atoms with Crippen molar-refractivity contribution in [2.45, 2.75) is 31.9 Å². The summed E-state index contributed by atoms with van der Waals surface area (Å²) in [4.78, 5) is 11.5. The molecule has 5 heteroatoms. The van der Waals surface area contributed by atoms with E-state index in [0.29, 0.717) is 22.7 Å². The molecule has 0 bridgehead atoms. The van der Waals surface area contributed by atoms with Gasteiger partial charge < -0.3 is 14.8 Å². The Morgan fingerprint density at radius 1 is 1.47 bits per heavy atom. The molecule has 1 aromatic carbocycles. The first-order valence-electron chi connectivity index (χ1n) is 6.40. The highest BCUT2D eigenvalue weighted by Gasteiger charge is 2.29. The van der Waals surface area contributed by atoms with E-state index in [9.17, 15) is 4.79 Å². The lowest BCUT2D eigenvalue weighted by molar-refractivity contribution is 0.00298. The summed E-state index contributed by atoms with van der Waals surface area (Å²) >= 11 is 6.12. The minimum absolute atomic E-state index is 0.338. The maximum absolute atomic E-state index is 11.5. The summed E-state index contributed by atoms with van der Waals surface area (Å²) in [6, 6.07) is 5.43. The first kappa shape index (κ1) is 14.2. The average molecular weight is 284 g/mol. The third-order valence-electron chi connectivity index (χ3n) is 3.24. The molecule has 0 aliphatic heterocycles. The molecule has 1 fully saturated rings. The topological polar surface area (TPSA) is 47.6 Å². The van der Waals surface area contributed by atoms with E-state index in [1.165, 1.54) is 7.11 Å². The summed E-state index contributed by atoms with van der Waals surface area (Å²) in [6.45, 7) is 2.74. The molecule has 19 heavy (non-hydrogen) atoms. The molecule has 0 atom stereocenters. The molecular formula is C14H18ClNO3. The van der Waals surface area contributed by atoms with Gasteiger partial charge in [0.05, 0.1) is 29.5 Å². The van der Waals surface area contributed by atoms with Crippen LogP contribution in [0.25, 0.3) is 0 Å². The van der Waals surface area contributed by atoms with E-state index >= 15 is 0 Å². The molecule has 0 spiro atoms. The second-order valence-corrected chi connectivity index (χ2v) is 4.98. The lowest BCUT2D eigenvalue weighted by atomic mass is 9.89. The number of rotatable bonds is 5. The first-order valence-corrected chi connectivity index (χ1v) is 6.77. The molecule has 1 aliphatic carbocycles. The van der Waals surface area contributed by atoms with Crippen molar-refractivity contribution in [2.24, 2.45) is 0 Å². The van der Waals surface area contributed by atoms with Gasteiger partial charge >= 0.3 is 5.97 Å². The van der Waals surface area contributed by atoms with Crippen LogP contribution >= 0.6 is 11.6 Å². The molecule has 1 saturated carbocycles. The van der Waals surface area contributed by atoms with Gasteiger partial charge in [0.2, 0.25) is 0 Å². The second-order valence-electron chi connectivity index (χ2n) is 4.58. The molecule has 0 aromatic heterocycles. The molecule has 0 saturated heterocycles. The fourth-order valence-electron chi connectivity index (χ4n) is 2.16. The summed E-state index contributed by atoms with van der Waals surface area (Å²) in [5, 5.41) is 3.94. The highest BCUT2D eigenvalue weighted by molar-refractivity contribution is 6.33. The third-order valence-corrected chi connectivity index (χ3v) is 3.57. The maximum Gasteiger partial charge on any atom is 0.337 e. The van der Waals surface area contributed by atoms with Crippen LogP contribution in [-0.4, -0.2) is 31.8 Å². The number of ether oxygens (including phenoxy) is 2. The van der Waals surface area contributed by atoms with E-state index in [0.717, 1.165) is 25.1 Å². The Morgan fingerprint density at radius 2 is 2.21 bits per heavy atom. The minimum Gasteiger partial charge on any atom is -0.465 e. The minimum atomic E-state index is -0.361. The quantitative estimate of drug-likeness (QED) is 0.844. The number of hydrogen-bond acceptors (Lipinski definition) is 4. The van der Waals surface area contributed by atoms with Gasteiger partial charge in [-0.3, -0.25) is 0 Å². The second kappa shape index (κ2) is 6.26. The fraction of sp³-hybridized carbons (Fsp3) is 0.500. The Kier molecular flexibility index (Phi) is 4.66. The van der Waals surface area contributed by atoms with Gasteiger partial charge in [-0.2, -0.15) is 0 Å². The number of carbonyl (C=O) groups excluding carboxylic acids is 1. The van der Waals surface area contributed by atoms with Crippen LogP contribution in [-0.2, 0) is 9.47 Å². The number of carbonyl (C=O) groups is 1. The Bertz CT molecular complexity index is 458. The van der Waals surface area contributed by atoms with Crippen molar-refractivity contribution in [3.05, 3.63) is 28.8 Å².